The Bertz CT molecular complexity index is 1420. The highest BCUT2D eigenvalue weighted by Gasteiger charge is 2.26. The van der Waals surface area contributed by atoms with Crippen molar-refractivity contribution in [2.75, 3.05) is 35.8 Å². The van der Waals surface area contributed by atoms with Crippen molar-refractivity contribution in [2.24, 2.45) is 7.05 Å². The lowest BCUT2D eigenvalue weighted by atomic mass is 10.1. The van der Waals surface area contributed by atoms with Crippen molar-refractivity contribution in [2.45, 2.75) is 136 Å². The predicted molar refractivity (Wildman–Crippen MR) is 237 cm³/mol. The van der Waals surface area contributed by atoms with Gasteiger partial charge in [0.15, 0.2) is 13.2 Å². The largest absolute Gasteiger partial charge is 0.359 e. The second-order valence-corrected chi connectivity index (χ2v) is 11.3. The van der Waals surface area contributed by atoms with Crippen molar-refractivity contribution in [3.63, 3.8) is 0 Å². The molecule has 6 rings (SSSR count). The van der Waals surface area contributed by atoms with Gasteiger partial charge in [-0.1, -0.05) is 95.2 Å². The number of aryl methyl sites for hydroxylation is 1. The number of aromatic nitrogens is 2. The lowest BCUT2D eigenvalue weighted by Crippen LogP contribution is -2.37. The normalized spacial score (nSPS) is 17.3. The van der Waals surface area contributed by atoms with Crippen LogP contribution in [0.25, 0.3) is 5.69 Å². The lowest BCUT2D eigenvalue weighted by molar-refractivity contribution is -0.744. The summed E-state index contributed by atoms with van der Waals surface area (Å²) in [6.45, 7) is 35.0. The summed E-state index contributed by atoms with van der Waals surface area (Å²) in [6, 6.07) is 15.1. The molecule has 2 aromatic carbocycles. The molecule has 0 amide bonds. The van der Waals surface area contributed by atoms with Gasteiger partial charge in [0.25, 0.3) is 0 Å². The molecular formula is C45H81N8+. The fraction of sp³-hybridized carbons (Fsp3) is 0.533. The SMILES string of the molecule is CC.CC.CC.CC.CC.CC.Cc1c(N2C=CN(C)[C@H]2C)cccc1-n1ccc[n+]1C.Cc1c(N2C=CN(C)[C@H]2C)cccc1N1C=CN(C)[C@@H]1C. The summed E-state index contributed by atoms with van der Waals surface area (Å²) in [4.78, 5) is 13.6. The van der Waals surface area contributed by atoms with E-state index < -0.39 is 0 Å². The molecule has 0 fully saturated rings. The van der Waals surface area contributed by atoms with Gasteiger partial charge >= 0.3 is 0 Å². The van der Waals surface area contributed by atoms with Gasteiger partial charge in [-0.25, -0.2) is 0 Å². The molecule has 53 heavy (non-hydrogen) atoms. The molecule has 3 atom stereocenters. The standard InChI is InChI=1S/C17H24N4.C16H21N4.6C2H6/c1-13-16(20-11-9-18(4)14(20)2)7-6-8-17(13)21-12-10-19(5)15(21)3;1-13-15(19-12-11-17(3)14(19)2)7-5-8-16(13)20-10-6-9-18(20)4;6*1-2/h6-12,14-15H,1-5H3;5-12,14H,1-4H3;6*1-2H3/q;+1;;;;;;/t14-,15+;14-;;;;;;/m.1....../s1. The van der Waals surface area contributed by atoms with Crippen LogP contribution >= 0.6 is 0 Å². The highest BCUT2D eigenvalue weighted by Crippen LogP contribution is 2.35. The molecule has 1 aromatic heterocycles. The lowest BCUT2D eigenvalue weighted by Gasteiger charge is -2.32. The maximum absolute atomic E-state index is 2.33. The molecule has 300 valence electrons. The van der Waals surface area contributed by atoms with Crippen LogP contribution in [0.1, 0.15) is 115 Å². The van der Waals surface area contributed by atoms with E-state index in [4.69, 9.17) is 0 Å². The van der Waals surface area contributed by atoms with Crippen molar-refractivity contribution in [1.29, 1.82) is 0 Å². The smallest absolute Gasteiger partial charge is 0.195 e. The van der Waals surface area contributed by atoms with Crippen LogP contribution in [0, 0.1) is 13.8 Å². The Kier molecular flexibility index (Phi) is 26.2. The molecule has 3 aliphatic heterocycles. The van der Waals surface area contributed by atoms with Crippen LogP contribution in [-0.2, 0) is 7.05 Å². The second-order valence-electron chi connectivity index (χ2n) is 11.3. The Morgan fingerprint density at radius 3 is 0.962 bits per heavy atom. The fourth-order valence-electron chi connectivity index (χ4n) is 5.69. The monoisotopic (exact) mass is 734 g/mol. The second kappa shape index (κ2) is 27.3. The quantitative estimate of drug-likeness (QED) is 0.248. The fourth-order valence-corrected chi connectivity index (χ4v) is 5.69. The summed E-state index contributed by atoms with van der Waals surface area (Å²) in [5.74, 6) is 0. The first-order valence-electron chi connectivity index (χ1n) is 20.4. The van der Waals surface area contributed by atoms with Gasteiger partial charge in [-0.3, -0.25) is 0 Å². The first-order valence-corrected chi connectivity index (χ1v) is 20.4. The number of rotatable bonds is 4. The molecule has 8 heteroatoms. The van der Waals surface area contributed by atoms with Crippen LogP contribution in [0.15, 0.2) is 92.1 Å². The maximum Gasteiger partial charge on any atom is 0.195 e. The molecule has 0 radical (unpaired) electrons. The van der Waals surface area contributed by atoms with E-state index >= 15 is 0 Å². The van der Waals surface area contributed by atoms with Gasteiger partial charge in [0.1, 0.15) is 24.2 Å². The molecule has 0 N–H and O–H groups in total. The molecule has 4 heterocycles. The van der Waals surface area contributed by atoms with Crippen LogP contribution < -0.4 is 19.4 Å². The van der Waals surface area contributed by atoms with E-state index in [1.807, 2.05) is 83.1 Å². The molecule has 0 spiro atoms. The Morgan fingerprint density at radius 1 is 0.434 bits per heavy atom. The van der Waals surface area contributed by atoms with Gasteiger partial charge in [-0.05, 0) is 64.4 Å². The zero-order valence-electron chi connectivity index (χ0n) is 38.0. The van der Waals surface area contributed by atoms with Crippen molar-refractivity contribution >= 4 is 17.1 Å². The number of hydrogen-bond donors (Lipinski definition) is 0. The summed E-state index contributed by atoms with van der Waals surface area (Å²) in [7, 11) is 8.38. The third kappa shape index (κ3) is 12.6. The molecule has 3 aromatic rings. The minimum absolute atomic E-state index is 0.349. The van der Waals surface area contributed by atoms with Crippen LogP contribution in [0.3, 0.4) is 0 Å². The van der Waals surface area contributed by atoms with Crippen LogP contribution in [0.5, 0.6) is 0 Å². The number of anilines is 3. The van der Waals surface area contributed by atoms with Crippen LogP contribution in [0.4, 0.5) is 17.1 Å². The summed E-state index contributed by atoms with van der Waals surface area (Å²) >= 11 is 0. The van der Waals surface area contributed by atoms with E-state index in [-0.39, 0.29) is 0 Å². The average molecular weight is 734 g/mol. The van der Waals surface area contributed by atoms with E-state index in [9.17, 15) is 0 Å². The van der Waals surface area contributed by atoms with Crippen molar-refractivity contribution in [3.05, 3.63) is 103 Å². The molecular weight excluding hydrogens is 653 g/mol. The van der Waals surface area contributed by atoms with E-state index in [0.29, 0.717) is 18.5 Å². The Labute approximate surface area is 328 Å². The van der Waals surface area contributed by atoms with Crippen LogP contribution in [-0.4, -0.2) is 59.0 Å². The van der Waals surface area contributed by atoms with Crippen LogP contribution in [0.2, 0.25) is 0 Å². The molecule has 0 saturated carbocycles. The molecule has 3 aliphatic rings. The van der Waals surface area contributed by atoms with Crippen molar-refractivity contribution < 1.29 is 4.68 Å². The highest BCUT2D eigenvalue weighted by molar-refractivity contribution is 5.70. The predicted octanol–water partition coefficient (Wildman–Crippen LogP) is 11.5. The van der Waals surface area contributed by atoms with Gasteiger partial charge in [-0.2, -0.15) is 0 Å². The molecule has 0 bridgehead atoms. The van der Waals surface area contributed by atoms with Gasteiger partial charge in [0.05, 0.1) is 6.20 Å². The zero-order valence-corrected chi connectivity index (χ0v) is 38.0. The number of benzene rings is 2. The van der Waals surface area contributed by atoms with Gasteiger partial charge < -0.3 is 29.4 Å². The Morgan fingerprint density at radius 2 is 0.717 bits per heavy atom. The van der Waals surface area contributed by atoms with E-state index in [0.717, 1.165) is 0 Å². The molecule has 0 saturated heterocycles. The maximum atomic E-state index is 2.33. The van der Waals surface area contributed by atoms with Crippen molar-refractivity contribution in [3.8, 4) is 5.69 Å². The third-order valence-electron chi connectivity index (χ3n) is 8.87. The minimum atomic E-state index is 0.349. The molecule has 0 unspecified atom stereocenters. The first kappa shape index (κ1) is 50.8. The first-order chi connectivity index (χ1) is 25.6. The third-order valence-corrected chi connectivity index (χ3v) is 8.87. The topological polar surface area (TPSA) is 28.3 Å². The number of hydrogen-bond acceptors (Lipinski definition) is 6. The van der Waals surface area contributed by atoms with E-state index in [1.54, 1.807) is 0 Å². The Balaban J connectivity index is 0. The summed E-state index contributed by atoms with van der Waals surface area (Å²) in [5, 5.41) is 0. The summed E-state index contributed by atoms with van der Waals surface area (Å²) in [6.07, 6.45) is 18.0. The minimum Gasteiger partial charge on any atom is -0.359 e. The van der Waals surface area contributed by atoms with E-state index in [2.05, 4.69) is 194 Å². The van der Waals surface area contributed by atoms with Gasteiger partial charge in [-0.15, -0.1) is 9.36 Å². The summed E-state index contributed by atoms with van der Waals surface area (Å²) < 4.78 is 4.24. The van der Waals surface area contributed by atoms with Gasteiger partial charge in [0.2, 0.25) is 0 Å². The van der Waals surface area contributed by atoms with Crippen molar-refractivity contribution in [1.82, 2.24) is 19.4 Å². The Hall–Kier alpha value is -4.33. The zero-order chi connectivity index (χ0) is 41.4. The summed E-state index contributed by atoms with van der Waals surface area (Å²) in [5.41, 5.74) is 7.61. The average Bonchev–Trinajstić information content (AvgIpc) is 3.98. The molecule has 0 aliphatic carbocycles. The van der Waals surface area contributed by atoms with Gasteiger partial charge in [0, 0.05) is 87.0 Å². The molecule has 8 nitrogen and oxygen atoms in total. The number of nitrogens with zero attached hydrogens (tertiary/aromatic N) is 8. The highest BCUT2D eigenvalue weighted by atomic mass is 15.4. The van der Waals surface area contributed by atoms with E-state index in [1.165, 1.54) is 33.9 Å².